The maximum absolute atomic E-state index is 14.2. The van der Waals surface area contributed by atoms with E-state index in [0.29, 0.717) is 16.9 Å². The number of nitrogens with two attached hydrogens (primary N) is 1. The van der Waals surface area contributed by atoms with Crippen molar-refractivity contribution in [3.8, 4) is 17.0 Å². The van der Waals surface area contributed by atoms with Crippen molar-refractivity contribution in [2.75, 3.05) is 12.8 Å². The van der Waals surface area contributed by atoms with Gasteiger partial charge in [0.1, 0.15) is 17.2 Å². The van der Waals surface area contributed by atoms with Crippen LogP contribution < -0.4 is 10.5 Å². The molecule has 0 aliphatic heterocycles. The molecule has 0 aromatic carbocycles. The smallest absolute Gasteiger partial charge is 0.224 e. The van der Waals surface area contributed by atoms with Crippen LogP contribution in [0.1, 0.15) is 20.8 Å². The first-order chi connectivity index (χ1) is 11.3. The van der Waals surface area contributed by atoms with Gasteiger partial charge in [0.05, 0.1) is 29.5 Å². The summed E-state index contributed by atoms with van der Waals surface area (Å²) in [7, 11) is 1.63. The van der Waals surface area contributed by atoms with Gasteiger partial charge < -0.3 is 10.5 Å². The van der Waals surface area contributed by atoms with Gasteiger partial charge in [-0.2, -0.15) is 4.39 Å². The van der Waals surface area contributed by atoms with Crippen molar-refractivity contribution in [3.63, 3.8) is 0 Å². The summed E-state index contributed by atoms with van der Waals surface area (Å²) in [6, 6.07) is 5.04. The lowest BCUT2D eigenvalue weighted by molar-refractivity contribution is 0.404. The van der Waals surface area contributed by atoms with E-state index in [-0.39, 0.29) is 10.6 Å². The van der Waals surface area contributed by atoms with Crippen molar-refractivity contribution >= 4 is 23.2 Å². The van der Waals surface area contributed by atoms with E-state index in [2.05, 4.69) is 30.7 Å². The molecule has 0 amide bonds. The van der Waals surface area contributed by atoms with Gasteiger partial charge in [0.15, 0.2) is 0 Å². The van der Waals surface area contributed by atoms with Gasteiger partial charge in [0.2, 0.25) is 5.95 Å². The highest BCUT2D eigenvalue weighted by atomic mass is 32.2. The Hall–Kier alpha value is -2.28. The molecule has 126 valence electrons. The number of nitrogens with zero attached hydrogens (tertiary/aromatic N) is 3. The van der Waals surface area contributed by atoms with E-state index in [1.54, 1.807) is 37.2 Å². The minimum Gasteiger partial charge on any atom is -0.495 e. The average molecular weight is 346 g/mol. The molecule has 0 spiro atoms. The first kappa shape index (κ1) is 16.6. The Labute approximate surface area is 144 Å². The van der Waals surface area contributed by atoms with Crippen LogP contribution in [0.3, 0.4) is 0 Å². The predicted octanol–water partition coefficient (Wildman–Crippen LogP) is 4.02. The van der Waals surface area contributed by atoms with Gasteiger partial charge in [-0.15, -0.1) is 11.8 Å². The van der Waals surface area contributed by atoms with Crippen LogP contribution in [0.15, 0.2) is 35.5 Å². The number of halogens is 1. The zero-order valence-corrected chi connectivity index (χ0v) is 14.8. The van der Waals surface area contributed by atoms with E-state index in [0.717, 1.165) is 10.6 Å². The maximum Gasteiger partial charge on any atom is 0.224 e. The number of imidazole rings is 1. The van der Waals surface area contributed by atoms with Gasteiger partial charge in [-0.1, -0.05) is 20.8 Å². The molecular weight excluding hydrogens is 327 g/mol. The van der Waals surface area contributed by atoms with E-state index < -0.39 is 5.95 Å². The fraction of sp³-hybridized carbons (Fsp3) is 0.294. The number of nitrogen functional groups attached to an aromatic ring is 1. The number of aromatic nitrogens is 3. The number of pyridine rings is 2. The average Bonchev–Trinajstić information content (AvgIpc) is 2.87. The summed E-state index contributed by atoms with van der Waals surface area (Å²) in [5.41, 5.74) is 7.18. The van der Waals surface area contributed by atoms with Crippen LogP contribution in [0, 0.1) is 5.95 Å². The van der Waals surface area contributed by atoms with Crippen LogP contribution in [0.2, 0.25) is 0 Å². The number of ether oxygens (including phenoxy) is 1. The largest absolute Gasteiger partial charge is 0.495 e. The lowest BCUT2D eigenvalue weighted by Gasteiger charge is -2.19. The number of fused-ring (bicyclic) bond motifs is 1. The highest BCUT2D eigenvalue weighted by molar-refractivity contribution is 8.00. The number of hydrogen-bond acceptors (Lipinski definition) is 5. The van der Waals surface area contributed by atoms with Crippen LogP contribution in [-0.4, -0.2) is 26.2 Å². The number of hydrogen-bond donors (Lipinski definition) is 1. The number of rotatable bonds is 3. The summed E-state index contributed by atoms with van der Waals surface area (Å²) < 4.78 is 21.5. The second-order valence-corrected chi connectivity index (χ2v) is 8.24. The fourth-order valence-corrected chi connectivity index (χ4v) is 3.45. The van der Waals surface area contributed by atoms with Crippen molar-refractivity contribution in [2.45, 2.75) is 30.4 Å². The van der Waals surface area contributed by atoms with Crippen LogP contribution in [0.25, 0.3) is 16.9 Å². The third-order valence-electron chi connectivity index (χ3n) is 3.36. The molecule has 24 heavy (non-hydrogen) atoms. The highest BCUT2D eigenvalue weighted by Gasteiger charge is 2.19. The third-order valence-corrected chi connectivity index (χ3v) is 4.50. The molecule has 2 N–H and O–H groups in total. The first-order valence-electron chi connectivity index (χ1n) is 7.45. The molecule has 5 nitrogen and oxygen atoms in total. The van der Waals surface area contributed by atoms with Crippen LogP contribution in [-0.2, 0) is 0 Å². The van der Waals surface area contributed by atoms with Crippen molar-refractivity contribution in [3.05, 3.63) is 36.5 Å². The van der Waals surface area contributed by atoms with E-state index in [4.69, 9.17) is 10.5 Å². The number of anilines is 1. The van der Waals surface area contributed by atoms with Crippen LogP contribution in [0.4, 0.5) is 10.2 Å². The molecule has 0 aliphatic rings. The topological polar surface area (TPSA) is 65.4 Å². The van der Waals surface area contributed by atoms with Crippen LogP contribution >= 0.6 is 11.8 Å². The molecule has 0 fully saturated rings. The van der Waals surface area contributed by atoms with E-state index in [1.165, 1.54) is 0 Å². The predicted molar refractivity (Wildman–Crippen MR) is 95.0 cm³/mol. The zero-order valence-electron chi connectivity index (χ0n) is 14.0. The maximum atomic E-state index is 14.2. The van der Waals surface area contributed by atoms with Crippen LogP contribution in [0.5, 0.6) is 5.75 Å². The molecule has 3 aromatic heterocycles. The minimum absolute atomic E-state index is 0.00963. The lowest BCUT2D eigenvalue weighted by Crippen LogP contribution is -2.08. The third kappa shape index (κ3) is 3.17. The molecular formula is C17H19FN4OS. The molecule has 0 unspecified atom stereocenters. The molecule has 3 aromatic rings. The quantitative estimate of drug-likeness (QED) is 0.573. The monoisotopic (exact) mass is 346 g/mol. The lowest BCUT2D eigenvalue weighted by atomic mass is 10.2. The molecule has 0 aliphatic carbocycles. The van der Waals surface area contributed by atoms with Gasteiger partial charge >= 0.3 is 0 Å². The Morgan fingerprint density at radius 2 is 2.04 bits per heavy atom. The van der Waals surface area contributed by atoms with Gasteiger partial charge in [-0.3, -0.25) is 4.40 Å². The summed E-state index contributed by atoms with van der Waals surface area (Å²) in [4.78, 5) is 9.00. The van der Waals surface area contributed by atoms with Crippen molar-refractivity contribution in [1.29, 1.82) is 0 Å². The van der Waals surface area contributed by atoms with Crippen molar-refractivity contribution < 1.29 is 9.13 Å². The Kier molecular flexibility index (Phi) is 4.13. The second kappa shape index (κ2) is 5.98. The molecule has 3 heterocycles. The highest BCUT2D eigenvalue weighted by Crippen LogP contribution is 2.39. The van der Waals surface area contributed by atoms with E-state index in [1.807, 2.05) is 16.7 Å². The van der Waals surface area contributed by atoms with Gasteiger partial charge in [-0.05, 0) is 12.1 Å². The zero-order chi connectivity index (χ0) is 17.5. The van der Waals surface area contributed by atoms with Gasteiger partial charge in [0.25, 0.3) is 0 Å². The summed E-state index contributed by atoms with van der Waals surface area (Å²) in [6.45, 7) is 6.37. The standard InChI is InChI=1S/C17H19FN4OS/c1-17(2,3)24-13-9-22-11(8-20-15(22)7-12(13)23-4)10-5-6-14(19)21-16(10)18/h5-9H,1-4H3,(H2,19,21). The van der Waals surface area contributed by atoms with Crippen molar-refractivity contribution in [2.24, 2.45) is 0 Å². The number of methoxy groups -OCH3 is 1. The Balaban J connectivity index is 2.19. The molecule has 0 saturated heterocycles. The van der Waals surface area contributed by atoms with E-state index in [9.17, 15) is 4.39 Å². The molecule has 3 rings (SSSR count). The van der Waals surface area contributed by atoms with E-state index >= 15 is 0 Å². The summed E-state index contributed by atoms with van der Waals surface area (Å²) in [5.74, 6) is 0.281. The first-order valence-corrected chi connectivity index (χ1v) is 8.26. The molecule has 0 atom stereocenters. The van der Waals surface area contributed by atoms with Gasteiger partial charge in [-0.25, -0.2) is 9.97 Å². The fourth-order valence-electron chi connectivity index (χ4n) is 2.39. The summed E-state index contributed by atoms with van der Waals surface area (Å²) in [5, 5.41) is 0. The molecule has 0 saturated carbocycles. The molecule has 0 radical (unpaired) electrons. The summed E-state index contributed by atoms with van der Waals surface area (Å²) in [6.07, 6.45) is 3.54. The molecule has 7 heteroatoms. The van der Waals surface area contributed by atoms with Crippen molar-refractivity contribution in [1.82, 2.24) is 14.4 Å². The minimum atomic E-state index is -0.613. The Morgan fingerprint density at radius 3 is 2.67 bits per heavy atom. The Bertz CT molecular complexity index is 901. The summed E-state index contributed by atoms with van der Waals surface area (Å²) >= 11 is 1.68. The normalized spacial score (nSPS) is 11.9. The molecule has 0 bridgehead atoms. The Morgan fingerprint density at radius 1 is 1.29 bits per heavy atom. The SMILES string of the molecule is COc1cc2ncc(-c3ccc(N)nc3F)n2cc1SC(C)(C)C. The second-order valence-electron chi connectivity index (χ2n) is 6.37. The number of thioether (sulfide) groups is 1. The van der Waals surface area contributed by atoms with Gasteiger partial charge in [0, 0.05) is 17.0 Å².